The summed E-state index contributed by atoms with van der Waals surface area (Å²) in [7, 11) is 0. The third-order valence-electron chi connectivity index (χ3n) is 5.65. The van der Waals surface area contributed by atoms with E-state index in [1.165, 1.54) is 0 Å². The van der Waals surface area contributed by atoms with Crippen LogP contribution in [0.4, 0.5) is 10.5 Å². The molecule has 3 aromatic carbocycles. The summed E-state index contributed by atoms with van der Waals surface area (Å²) in [5.74, 6) is -0.765. The summed E-state index contributed by atoms with van der Waals surface area (Å²) in [5, 5.41) is 4.71. The molecule has 0 aliphatic carbocycles. The van der Waals surface area contributed by atoms with Gasteiger partial charge in [-0.05, 0) is 43.0 Å². The maximum Gasteiger partial charge on any atom is 0.325 e. The third-order valence-corrected chi connectivity index (χ3v) is 6.14. The van der Waals surface area contributed by atoms with E-state index in [2.05, 4.69) is 21.2 Å². The average Bonchev–Trinajstić information content (AvgIpc) is 2.98. The topological polar surface area (TPSA) is 69.7 Å². The number of rotatable bonds is 5. The van der Waals surface area contributed by atoms with Gasteiger partial charge in [-0.1, -0.05) is 64.5 Å². The van der Waals surface area contributed by atoms with Crippen molar-refractivity contribution in [3.63, 3.8) is 0 Å². The van der Waals surface area contributed by atoms with Crippen LogP contribution in [0.5, 0.6) is 0 Å². The molecule has 1 aliphatic rings. The van der Waals surface area contributed by atoms with E-state index in [0.717, 1.165) is 25.8 Å². The highest BCUT2D eigenvalue weighted by atomic mass is 79.9. The molecule has 1 aliphatic heterocycles. The Morgan fingerprint density at radius 2 is 1.77 bits per heavy atom. The number of nitrogens with zero attached hydrogens (tertiary/aromatic N) is 2. The fourth-order valence-corrected chi connectivity index (χ4v) is 4.38. The summed E-state index contributed by atoms with van der Waals surface area (Å²) < 4.78 is 0.802. The smallest absolute Gasteiger partial charge is 0.319 e. The van der Waals surface area contributed by atoms with Gasteiger partial charge in [0, 0.05) is 16.4 Å². The van der Waals surface area contributed by atoms with Crippen LogP contribution in [0.3, 0.4) is 0 Å². The molecule has 0 saturated carbocycles. The lowest BCUT2D eigenvalue weighted by molar-refractivity contribution is -0.134. The fraction of sp³-hybridized carbons (Fsp3) is 0.208. The molecule has 0 spiro atoms. The van der Waals surface area contributed by atoms with Crippen molar-refractivity contribution in [3.05, 3.63) is 76.8 Å². The second-order valence-electron chi connectivity index (χ2n) is 7.59. The van der Waals surface area contributed by atoms with E-state index in [1.54, 1.807) is 30.0 Å². The lowest BCUT2D eigenvalue weighted by Crippen LogP contribution is -2.44. The van der Waals surface area contributed by atoms with Crippen LogP contribution in [-0.4, -0.2) is 35.8 Å². The highest BCUT2D eigenvalue weighted by Crippen LogP contribution is 2.31. The van der Waals surface area contributed by atoms with E-state index in [0.29, 0.717) is 12.1 Å². The van der Waals surface area contributed by atoms with E-state index < -0.39 is 17.5 Å². The number of hydrogen-bond donors (Lipinski definition) is 1. The Labute approximate surface area is 189 Å². The number of hydrogen-bond acceptors (Lipinski definition) is 3. The Kier molecular flexibility index (Phi) is 5.54. The number of imide groups is 1. The van der Waals surface area contributed by atoms with E-state index >= 15 is 0 Å². The van der Waals surface area contributed by atoms with Crippen molar-refractivity contribution in [2.75, 3.05) is 18.0 Å². The van der Waals surface area contributed by atoms with Gasteiger partial charge in [0.15, 0.2) is 0 Å². The Morgan fingerprint density at radius 1 is 1.06 bits per heavy atom. The van der Waals surface area contributed by atoms with Crippen molar-refractivity contribution in [1.82, 2.24) is 10.2 Å². The number of fused-ring (bicyclic) bond motifs is 1. The van der Waals surface area contributed by atoms with E-state index in [4.69, 9.17) is 0 Å². The van der Waals surface area contributed by atoms with Crippen LogP contribution in [0.1, 0.15) is 19.4 Å². The van der Waals surface area contributed by atoms with Crippen LogP contribution in [0, 0.1) is 0 Å². The summed E-state index contributed by atoms with van der Waals surface area (Å²) in [6.07, 6.45) is 0. The summed E-state index contributed by atoms with van der Waals surface area (Å²) in [6, 6.07) is 20.2. The van der Waals surface area contributed by atoms with Crippen LogP contribution in [0.2, 0.25) is 0 Å². The first kappa shape index (κ1) is 21.1. The van der Waals surface area contributed by atoms with Crippen LogP contribution in [0.15, 0.2) is 71.2 Å². The maximum atomic E-state index is 13.2. The summed E-state index contributed by atoms with van der Waals surface area (Å²) in [5.41, 5.74) is 0.182. The molecule has 7 heteroatoms. The SMILES string of the molecule is CCN(C(=O)CN1C(=O)NC(C)(c2cccc(Br)c2)C1=O)c1cccc2ccccc12. The van der Waals surface area contributed by atoms with Gasteiger partial charge in [0.05, 0.1) is 5.69 Å². The van der Waals surface area contributed by atoms with E-state index in [9.17, 15) is 14.4 Å². The number of likely N-dealkylation sites (N-methyl/N-ethyl adjacent to an activating group) is 1. The molecular formula is C24H22BrN3O3. The summed E-state index contributed by atoms with van der Waals surface area (Å²) in [4.78, 5) is 41.7. The normalized spacial score (nSPS) is 18.4. The molecule has 1 saturated heterocycles. The summed E-state index contributed by atoms with van der Waals surface area (Å²) >= 11 is 3.40. The van der Waals surface area contributed by atoms with Gasteiger partial charge in [-0.25, -0.2) is 4.79 Å². The van der Waals surface area contributed by atoms with Gasteiger partial charge >= 0.3 is 6.03 Å². The van der Waals surface area contributed by atoms with Crippen LogP contribution < -0.4 is 10.2 Å². The first-order valence-corrected chi connectivity index (χ1v) is 10.8. The summed E-state index contributed by atoms with van der Waals surface area (Å²) in [6.45, 7) is 3.61. The molecule has 1 atom stereocenters. The quantitative estimate of drug-likeness (QED) is 0.550. The molecule has 158 valence electrons. The second kappa shape index (κ2) is 8.15. The number of urea groups is 1. The van der Waals surface area contributed by atoms with Crippen molar-refractivity contribution in [1.29, 1.82) is 0 Å². The fourth-order valence-electron chi connectivity index (χ4n) is 3.98. The van der Waals surface area contributed by atoms with Crippen molar-refractivity contribution in [2.45, 2.75) is 19.4 Å². The van der Waals surface area contributed by atoms with Gasteiger partial charge < -0.3 is 10.2 Å². The average molecular weight is 480 g/mol. The number of nitrogens with one attached hydrogen (secondary N) is 1. The predicted molar refractivity (Wildman–Crippen MR) is 124 cm³/mol. The van der Waals surface area contributed by atoms with Gasteiger partial charge in [0.2, 0.25) is 5.91 Å². The molecule has 1 N–H and O–H groups in total. The molecule has 31 heavy (non-hydrogen) atoms. The molecule has 1 heterocycles. The highest BCUT2D eigenvalue weighted by Gasteiger charge is 2.49. The molecule has 4 amide bonds. The lowest BCUT2D eigenvalue weighted by atomic mass is 9.92. The maximum absolute atomic E-state index is 13.2. The zero-order chi connectivity index (χ0) is 22.2. The molecule has 1 fully saturated rings. The molecule has 4 rings (SSSR count). The Morgan fingerprint density at radius 3 is 2.52 bits per heavy atom. The first-order valence-electron chi connectivity index (χ1n) is 10.0. The number of halogens is 1. The van der Waals surface area contributed by atoms with Gasteiger partial charge in [0.1, 0.15) is 12.1 Å². The van der Waals surface area contributed by atoms with Gasteiger partial charge in [-0.15, -0.1) is 0 Å². The van der Waals surface area contributed by atoms with Crippen molar-refractivity contribution >= 4 is 50.2 Å². The Bertz CT molecular complexity index is 1190. The Balaban J connectivity index is 1.61. The highest BCUT2D eigenvalue weighted by molar-refractivity contribution is 9.10. The predicted octanol–water partition coefficient (Wildman–Crippen LogP) is 4.42. The van der Waals surface area contributed by atoms with Crippen molar-refractivity contribution in [2.24, 2.45) is 0 Å². The standard InChI is InChI=1S/C24H22BrN3O3/c1-3-27(20-13-6-9-16-8-4-5-12-19(16)20)21(29)15-28-22(30)24(2,26-23(28)31)17-10-7-11-18(25)14-17/h4-14H,3,15H2,1-2H3,(H,26,31). The molecule has 6 nitrogen and oxygen atoms in total. The van der Waals surface area contributed by atoms with Gasteiger partial charge in [-0.3, -0.25) is 14.5 Å². The second-order valence-corrected chi connectivity index (χ2v) is 8.51. The number of benzene rings is 3. The lowest BCUT2D eigenvalue weighted by Gasteiger charge is -2.25. The van der Waals surface area contributed by atoms with E-state index in [1.807, 2.05) is 55.5 Å². The van der Waals surface area contributed by atoms with Crippen molar-refractivity contribution < 1.29 is 14.4 Å². The van der Waals surface area contributed by atoms with Crippen LogP contribution >= 0.6 is 15.9 Å². The molecule has 0 radical (unpaired) electrons. The molecule has 0 bridgehead atoms. The number of carbonyl (C=O) groups excluding carboxylic acids is 3. The minimum atomic E-state index is -1.22. The first-order chi connectivity index (χ1) is 14.8. The zero-order valence-electron chi connectivity index (χ0n) is 17.3. The van der Waals surface area contributed by atoms with Crippen molar-refractivity contribution in [3.8, 4) is 0 Å². The minimum Gasteiger partial charge on any atom is -0.319 e. The Hall–Kier alpha value is -3.19. The molecule has 3 aromatic rings. The third kappa shape index (κ3) is 3.70. The molecule has 0 aromatic heterocycles. The number of amides is 4. The number of anilines is 1. The van der Waals surface area contributed by atoms with E-state index in [-0.39, 0.29) is 12.5 Å². The van der Waals surface area contributed by atoms with Crippen LogP contribution in [-0.2, 0) is 15.1 Å². The largest absolute Gasteiger partial charge is 0.325 e. The molecule has 1 unspecified atom stereocenters. The zero-order valence-corrected chi connectivity index (χ0v) is 18.8. The van der Waals surface area contributed by atoms with Gasteiger partial charge in [0.25, 0.3) is 5.91 Å². The van der Waals surface area contributed by atoms with Gasteiger partial charge in [-0.2, -0.15) is 0 Å². The number of carbonyl (C=O) groups is 3. The minimum absolute atomic E-state index is 0.319. The monoisotopic (exact) mass is 479 g/mol. The van der Waals surface area contributed by atoms with Crippen LogP contribution in [0.25, 0.3) is 10.8 Å². The molecular weight excluding hydrogens is 458 g/mol.